The topological polar surface area (TPSA) is 20.3 Å². The Balaban J connectivity index is 2.54. The van der Waals surface area contributed by atoms with Crippen LogP contribution in [0, 0.1) is 0 Å². The Labute approximate surface area is 61.5 Å². The van der Waals surface area contributed by atoms with Crippen LogP contribution in [0.1, 0.15) is 20.3 Å². The number of hydrogen-bond acceptors (Lipinski definition) is 1. The van der Waals surface area contributed by atoms with Crippen molar-refractivity contribution in [2.45, 2.75) is 32.4 Å². The number of carbonyl (C=O) groups is 1. The number of likely N-dealkylation sites (tertiary alicyclic amines) is 1. The van der Waals surface area contributed by atoms with E-state index in [1.165, 1.54) is 0 Å². The fourth-order valence-corrected chi connectivity index (χ4v) is 1.33. The average molecular weight is 139 g/mol. The number of carbonyl (C=O) groups excluding carboxylic acids is 1. The van der Waals surface area contributed by atoms with Crippen LogP contribution in [-0.2, 0) is 4.79 Å². The highest BCUT2D eigenvalue weighted by molar-refractivity contribution is 5.83. The molecule has 2 nitrogen and oxygen atoms in total. The third kappa shape index (κ3) is 0.939. The Morgan fingerprint density at radius 2 is 2.50 bits per heavy atom. The molecular formula is C8H13NO. The van der Waals surface area contributed by atoms with Gasteiger partial charge in [-0.05, 0) is 13.8 Å². The smallest absolute Gasteiger partial charge is 0.225 e. The Kier molecular flexibility index (Phi) is 1.79. The summed E-state index contributed by atoms with van der Waals surface area (Å²) in [6, 6.07) is 0.622. The van der Waals surface area contributed by atoms with E-state index in [4.69, 9.17) is 0 Å². The molecule has 10 heavy (non-hydrogen) atoms. The van der Waals surface area contributed by atoms with Gasteiger partial charge in [0.25, 0.3) is 0 Å². The minimum atomic E-state index is 0.205. The lowest BCUT2D eigenvalue weighted by Crippen LogP contribution is -2.54. The average Bonchev–Trinajstić information content (AvgIpc) is 1.87. The first-order valence-electron chi connectivity index (χ1n) is 3.60. The molecule has 1 amide bonds. The zero-order chi connectivity index (χ0) is 7.72. The first-order valence-corrected chi connectivity index (χ1v) is 3.60. The van der Waals surface area contributed by atoms with Crippen LogP contribution >= 0.6 is 0 Å². The Hall–Kier alpha value is -0.790. The summed E-state index contributed by atoms with van der Waals surface area (Å²) in [4.78, 5) is 12.8. The fourth-order valence-electron chi connectivity index (χ4n) is 1.33. The van der Waals surface area contributed by atoms with E-state index >= 15 is 0 Å². The van der Waals surface area contributed by atoms with E-state index in [1.807, 2.05) is 11.8 Å². The molecule has 56 valence electrons. The zero-order valence-electron chi connectivity index (χ0n) is 6.50. The highest BCUT2D eigenvalue weighted by Crippen LogP contribution is 2.21. The predicted molar refractivity (Wildman–Crippen MR) is 40.6 cm³/mol. The van der Waals surface area contributed by atoms with E-state index in [0.29, 0.717) is 12.5 Å². The summed E-state index contributed by atoms with van der Waals surface area (Å²) in [5, 5.41) is 0. The Bertz CT molecular complexity index is 165. The second kappa shape index (κ2) is 2.45. The summed E-state index contributed by atoms with van der Waals surface area (Å²) >= 11 is 0. The molecule has 0 N–H and O–H groups in total. The van der Waals surface area contributed by atoms with Crippen molar-refractivity contribution in [2.75, 3.05) is 0 Å². The van der Waals surface area contributed by atoms with Gasteiger partial charge in [-0.2, -0.15) is 0 Å². The van der Waals surface area contributed by atoms with Gasteiger partial charge in [-0.25, -0.2) is 0 Å². The van der Waals surface area contributed by atoms with Gasteiger partial charge >= 0.3 is 0 Å². The van der Waals surface area contributed by atoms with Gasteiger partial charge in [-0.1, -0.05) is 6.08 Å². The molecule has 0 aliphatic carbocycles. The van der Waals surface area contributed by atoms with Crippen LogP contribution in [0.15, 0.2) is 12.7 Å². The minimum absolute atomic E-state index is 0.205. The van der Waals surface area contributed by atoms with Crippen molar-refractivity contribution in [1.29, 1.82) is 0 Å². The SMILES string of the molecule is C=CC(C)N1C(=O)CC1C. The maximum Gasteiger partial charge on any atom is 0.225 e. The van der Waals surface area contributed by atoms with E-state index in [0.717, 1.165) is 0 Å². The van der Waals surface area contributed by atoms with Crippen molar-refractivity contribution < 1.29 is 4.79 Å². The Morgan fingerprint density at radius 1 is 1.90 bits per heavy atom. The molecule has 1 heterocycles. The highest BCUT2D eigenvalue weighted by atomic mass is 16.2. The summed E-state index contributed by atoms with van der Waals surface area (Å²) in [5.41, 5.74) is 0. The van der Waals surface area contributed by atoms with Gasteiger partial charge in [0, 0.05) is 18.5 Å². The van der Waals surface area contributed by atoms with Crippen LogP contribution < -0.4 is 0 Å². The Morgan fingerprint density at radius 3 is 2.70 bits per heavy atom. The van der Waals surface area contributed by atoms with Gasteiger partial charge in [0.15, 0.2) is 0 Å². The molecule has 0 radical (unpaired) electrons. The molecule has 0 spiro atoms. The third-order valence-electron chi connectivity index (χ3n) is 2.01. The van der Waals surface area contributed by atoms with E-state index in [-0.39, 0.29) is 11.9 Å². The van der Waals surface area contributed by atoms with Crippen LogP contribution in [0.5, 0.6) is 0 Å². The van der Waals surface area contributed by atoms with Crippen molar-refractivity contribution >= 4 is 5.91 Å². The van der Waals surface area contributed by atoms with Crippen LogP contribution in [0.25, 0.3) is 0 Å². The van der Waals surface area contributed by atoms with E-state index in [9.17, 15) is 4.79 Å². The number of hydrogen-bond donors (Lipinski definition) is 0. The molecule has 1 fully saturated rings. The quantitative estimate of drug-likeness (QED) is 0.415. The summed E-state index contributed by atoms with van der Waals surface area (Å²) < 4.78 is 0. The summed E-state index contributed by atoms with van der Waals surface area (Å²) in [7, 11) is 0. The highest BCUT2D eigenvalue weighted by Gasteiger charge is 2.34. The number of amides is 1. The van der Waals surface area contributed by atoms with Gasteiger partial charge in [0.2, 0.25) is 5.91 Å². The monoisotopic (exact) mass is 139 g/mol. The number of β-lactam (4-membered cyclic amide) rings is 1. The van der Waals surface area contributed by atoms with E-state index < -0.39 is 0 Å². The molecule has 1 rings (SSSR count). The zero-order valence-corrected chi connectivity index (χ0v) is 6.50. The van der Waals surface area contributed by atoms with Crippen molar-refractivity contribution in [1.82, 2.24) is 4.90 Å². The molecule has 2 atom stereocenters. The lowest BCUT2D eigenvalue weighted by molar-refractivity contribution is -0.146. The van der Waals surface area contributed by atoms with Crippen LogP contribution in [-0.4, -0.2) is 22.9 Å². The van der Waals surface area contributed by atoms with Gasteiger partial charge < -0.3 is 4.90 Å². The normalized spacial score (nSPS) is 27.6. The second-order valence-electron chi connectivity index (χ2n) is 2.83. The molecule has 0 aromatic heterocycles. The lowest BCUT2D eigenvalue weighted by atomic mass is 10.0. The first kappa shape index (κ1) is 7.32. The molecule has 0 aromatic carbocycles. The third-order valence-corrected chi connectivity index (χ3v) is 2.01. The molecule has 1 aliphatic rings. The maximum absolute atomic E-state index is 10.9. The summed E-state index contributed by atoms with van der Waals surface area (Å²) in [6.45, 7) is 7.68. The predicted octanol–water partition coefficient (Wildman–Crippen LogP) is 1.18. The van der Waals surface area contributed by atoms with Gasteiger partial charge in [0.05, 0.1) is 0 Å². The van der Waals surface area contributed by atoms with Crippen molar-refractivity contribution in [3.63, 3.8) is 0 Å². The van der Waals surface area contributed by atoms with Gasteiger partial charge in [-0.3, -0.25) is 4.79 Å². The minimum Gasteiger partial charge on any atom is -0.333 e. The van der Waals surface area contributed by atoms with Crippen molar-refractivity contribution in [3.8, 4) is 0 Å². The van der Waals surface area contributed by atoms with Gasteiger partial charge in [0.1, 0.15) is 0 Å². The molecule has 2 heteroatoms. The summed E-state index contributed by atoms with van der Waals surface area (Å²) in [6.07, 6.45) is 2.51. The molecule has 1 aliphatic heterocycles. The van der Waals surface area contributed by atoms with Crippen molar-refractivity contribution in [2.24, 2.45) is 0 Å². The first-order chi connectivity index (χ1) is 4.66. The molecular weight excluding hydrogens is 126 g/mol. The van der Waals surface area contributed by atoms with Crippen LogP contribution in [0.2, 0.25) is 0 Å². The standard InChI is InChI=1S/C8H13NO/c1-4-6(2)9-7(3)5-8(9)10/h4,6-7H,1,5H2,2-3H3. The number of rotatable bonds is 2. The molecule has 1 saturated heterocycles. The lowest BCUT2D eigenvalue weighted by Gasteiger charge is -2.41. The van der Waals surface area contributed by atoms with E-state index in [1.54, 1.807) is 6.08 Å². The van der Waals surface area contributed by atoms with Crippen LogP contribution in [0.4, 0.5) is 0 Å². The number of nitrogens with zero attached hydrogens (tertiary/aromatic N) is 1. The largest absolute Gasteiger partial charge is 0.333 e. The molecule has 2 unspecified atom stereocenters. The second-order valence-corrected chi connectivity index (χ2v) is 2.83. The maximum atomic E-state index is 10.9. The van der Waals surface area contributed by atoms with E-state index in [2.05, 4.69) is 13.5 Å². The fraction of sp³-hybridized carbons (Fsp3) is 0.625. The van der Waals surface area contributed by atoms with Gasteiger partial charge in [-0.15, -0.1) is 6.58 Å². The molecule has 0 bridgehead atoms. The van der Waals surface area contributed by atoms with Crippen molar-refractivity contribution in [3.05, 3.63) is 12.7 Å². The summed E-state index contributed by atoms with van der Waals surface area (Å²) in [5.74, 6) is 0.250. The van der Waals surface area contributed by atoms with Crippen LogP contribution in [0.3, 0.4) is 0 Å². The molecule has 0 saturated carbocycles. The molecule has 0 aromatic rings.